The van der Waals surface area contributed by atoms with Crippen molar-refractivity contribution in [2.24, 2.45) is 0 Å². The van der Waals surface area contributed by atoms with Crippen LogP contribution in [-0.2, 0) is 20.6 Å². The average molecular weight is 463 g/mol. The molecular weight excluding hydrogens is 443 g/mol. The second kappa shape index (κ2) is 8.11. The number of sulfonamides is 1. The normalized spacial score (nSPS) is 14.9. The Bertz CT molecular complexity index is 1280. The molecule has 1 aliphatic carbocycles. The Morgan fingerprint density at radius 2 is 1.84 bits per heavy atom. The Kier molecular flexibility index (Phi) is 5.63. The van der Waals surface area contributed by atoms with Crippen LogP contribution >= 0.6 is 11.6 Å². The van der Waals surface area contributed by atoms with Gasteiger partial charge in [0.15, 0.2) is 0 Å². The number of carbonyl (C=O) groups is 1. The molecule has 1 saturated carbocycles. The molecule has 6 nitrogen and oxygen atoms in total. The molecule has 9 heteroatoms. The predicted octanol–water partition coefficient (Wildman–Crippen LogP) is 4.23. The lowest BCUT2D eigenvalue weighted by Gasteiger charge is -2.19. The molecule has 3 aromatic carbocycles. The Morgan fingerprint density at radius 3 is 2.48 bits per heavy atom. The van der Waals surface area contributed by atoms with Gasteiger partial charge in [0.2, 0.25) is 15.9 Å². The largest absolute Gasteiger partial charge is 0.496 e. The molecule has 3 aromatic rings. The Morgan fingerprint density at radius 1 is 1.13 bits per heavy atom. The van der Waals surface area contributed by atoms with Crippen molar-refractivity contribution in [2.45, 2.75) is 24.1 Å². The van der Waals surface area contributed by atoms with Crippen molar-refractivity contribution in [3.63, 3.8) is 0 Å². The summed E-state index contributed by atoms with van der Waals surface area (Å²) in [7, 11) is -2.40. The van der Waals surface area contributed by atoms with Crippen LogP contribution in [0.4, 0.5) is 10.1 Å². The second-order valence-electron chi connectivity index (χ2n) is 7.49. The third kappa shape index (κ3) is 4.51. The van der Waals surface area contributed by atoms with Gasteiger partial charge in [0.05, 0.1) is 12.9 Å². The minimum Gasteiger partial charge on any atom is -0.496 e. The summed E-state index contributed by atoms with van der Waals surface area (Å²) in [4.78, 5) is 13.0. The van der Waals surface area contributed by atoms with E-state index in [4.69, 9.17) is 16.3 Å². The van der Waals surface area contributed by atoms with Crippen LogP contribution in [0.1, 0.15) is 18.4 Å². The number of hydrogen-bond acceptors (Lipinski definition) is 4. The van der Waals surface area contributed by atoms with Gasteiger partial charge in [-0.2, -0.15) is 4.72 Å². The van der Waals surface area contributed by atoms with Crippen LogP contribution < -0.4 is 14.8 Å². The number of anilines is 1. The maximum atomic E-state index is 14.0. The molecule has 1 fully saturated rings. The van der Waals surface area contributed by atoms with Gasteiger partial charge in [-0.3, -0.25) is 4.79 Å². The highest BCUT2D eigenvalue weighted by atomic mass is 35.5. The summed E-state index contributed by atoms with van der Waals surface area (Å²) >= 11 is 5.72. The molecule has 0 unspecified atom stereocenters. The number of nitrogens with one attached hydrogen (secondary N) is 2. The highest BCUT2D eigenvalue weighted by Gasteiger charge is 2.52. The fraction of sp³-hybridized carbons (Fsp3) is 0.227. The average Bonchev–Trinajstić information content (AvgIpc) is 3.50. The lowest BCUT2D eigenvalue weighted by molar-refractivity contribution is -0.118. The van der Waals surface area contributed by atoms with E-state index in [2.05, 4.69) is 10.0 Å². The minimum absolute atomic E-state index is 0.0192. The van der Waals surface area contributed by atoms with E-state index in [1.54, 1.807) is 19.2 Å². The van der Waals surface area contributed by atoms with Gasteiger partial charge in [-0.25, -0.2) is 12.8 Å². The third-order valence-corrected chi connectivity index (χ3v) is 6.88. The van der Waals surface area contributed by atoms with Crippen molar-refractivity contribution in [1.29, 1.82) is 0 Å². The van der Waals surface area contributed by atoms with Gasteiger partial charge in [0, 0.05) is 27.0 Å². The van der Waals surface area contributed by atoms with E-state index >= 15 is 0 Å². The molecule has 31 heavy (non-hydrogen) atoms. The maximum Gasteiger partial charge on any atom is 0.245 e. The number of amides is 1. The Labute approximate surface area is 184 Å². The Hall–Kier alpha value is -2.68. The molecule has 0 bridgehead atoms. The smallest absolute Gasteiger partial charge is 0.245 e. The number of methoxy groups -OCH3 is 1. The van der Waals surface area contributed by atoms with Gasteiger partial charge < -0.3 is 10.1 Å². The molecule has 0 radical (unpaired) electrons. The first kappa shape index (κ1) is 21.5. The first-order chi connectivity index (χ1) is 14.7. The highest BCUT2D eigenvalue weighted by molar-refractivity contribution is 7.88. The van der Waals surface area contributed by atoms with Gasteiger partial charge in [-0.05, 0) is 37.1 Å². The molecular formula is C22H20ClFN2O4S. The summed E-state index contributed by atoms with van der Waals surface area (Å²) < 4.78 is 47.1. The molecule has 0 aliphatic heterocycles. The van der Waals surface area contributed by atoms with Crippen LogP contribution in [0.25, 0.3) is 10.8 Å². The van der Waals surface area contributed by atoms with Gasteiger partial charge >= 0.3 is 0 Å². The van der Waals surface area contributed by atoms with E-state index in [9.17, 15) is 17.6 Å². The zero-order valence-electron chi connectivity index (χ0n) is 16.6. The van der Waals surface area contributed by atoms with Crippen LogP contribution in [0.2, 0.25) is 5.02 Å². The number of halogens is 2. The number of carbonyl (C=O) groups excluding carboxylic acids is 1. The van der Waals surface area contributed by atoms with E-state index in [-0.39, 0.29) is 10.6 Å². The molecule has 0 aromatic heterocycles. The number of hydrogen-bond donors (Lipinski definition) is 2. The van der Waals surface area contributed by atoms with Crippen LogP contribution in [0.3, 0.4) is 0 Å². The number of ether oxygens (including phenoxy) is 1. The van der Waals surface area contributed by atoms with E-state index in [1.807, 2.05) is 24.3 Å². The quantitative estimate of drug-likeness (QED) is 0.550. The van der Waals surface area contributed by atoms with E-state index in [0.29, 0.717) is 24.3 Å². The van der Waals surface area contributed by atoms with Crippen molar-refractivity contribution in [3.05, 3.63) is 71.0 Å². The minimum atomic E-state index is -3.97. The number of benzene rings is 3. The van der Waals surface area contributed by atoms with Crippen LogP contribution in [-0.4, -0.2) is 27.0 Å². The molecule has 1 amide bonds. The summed E-state index contributed by atoms with van der Waals surface area (Å²) in [6, 6.07) is 14.7. The standard InChI is InChI=1S/C22H20ClFN2O4S/c1-30-20-9-8-19(16-4-2-3-5-17(16)20)25-21(27)22(10-11-22)26-31(28,29)13-14-6-7-15(23)12-18(14)24/h2-9,12,26H,10-11,13H2,1H3,(H,25,27). The predicted molar refractivity (Wildman–Crippen MR) is 118 cm³/mol. The molecule has 1 aliphatic rings. The van der Waals surface area contributed by atoms with Crippen LogP contribution in [0.15, 0.2) is 54.6 Å². The molecule has 0 atom stereocenters. The van der Waals surface area contributed by atoms with Crippen molar-refractivity contribution in [1.82, 2.24) is 4.72 Å². The summed E-state index contributed by atoms with van der Waals surface area (Å²) in [5.74, 6) is -1.09. The molecule has 0 heterocycles. The molecule has 0 saturated heterocycles. The molecule has 2 N–H and O–H groups in total. The highest BCUT2D eigenvalue weighted by Crippen LogP contribution is 2.39. The van der Waals surface area contributed by atoms with Crippen molar-refractivity contribution < 1.29 is 22.3 Å². The third-order valence-electron chi connectivity index (χ3n) is 5.25. The second-order valence-corrected chi connectivity index (χ2v) is 9.65. The lowest BCUT2D eigenvalue weighted by Crippen LogP contribution is -2.46. The van der Waals surface area contributed by atoms with E-state index < -0.39 is 33.0 Å². The first-order valence-corrected chi connectivity index (χ1v) is 11.6. The van der Waals surface area contributed by atoms with E-state index in [1.165, 1.54) is 12.1 Å². The van der Waals surface area contributed by atoms with Crippen LogP contribution in [0.5, 0.6) is 5.75 Å². The number of fused-ring (bicyclic) bond motifs is 1. The topological polar surface area (TPSA) is 84.5 Å². The first-order valence-electron chi connectivity index (χ1n) is 9.56. The lowest BCUT2D eigenvalue weighted by atomic mass is 10.1. The van der Waals surface area contributed by atoms with Crippen LogP contribution in [0, 0.1) is 5.82 Å². The summed E-state index contributed by atoms with van der Waals surface area (Å²) in [5.41, 5.74) is -0.715. The zero-order valence-corrected chi connectivity index (χ0v) is 18.2. The van der Waals surface area contributed by atoms with Crippen molar-refractivity contribution in [2.75, 3.05) is 12.4 Å². The van der Waals surface area contributed by atoms with Gasteiger partial charge in [0.25, 0.3) is 0 Å². The van der Waals surface area contributed by atoms with E-state index in [0.717, 1.165) is 16.8 Å². The fourth-order valence-corrected chi connectivity index (χ4v) is 5.24. The molecule has 0 spiro atoms. The van der Waals surface area contributed by atoms with Crippen molar-refractivity contribution in [3.8, 4) is 5.75 Å². The number of rotatable bonds is 7. The monoisotopic (exact) mass is 462 g/mol. The zero-order chi connectivity index (χ0) is 22.2. The summed E-state index contributed by atoms with van der Waals surface area (Å²) in [6.07, 6.45) is 0.713. The Balaban J connectivity index is 1.53. The summed E-state index contributed by atoms with van der Waals surface area (Å²) in [6.45, 7) is 0. The van der Waals surface area contributed by atoms with Gasteiger partial charge in [-0.15, -0.1) is 0 Å². The fourth-order valence-electron chi connectivity index (χ4n) is 3.48. The van der Waals surface area contributed by atoms with Gasteiger partial charge in [-0.1, -0.05) is 41.9 Å². The SMILES string of the molecule is COc1ccc(NC(=O)C2(NS(=O)(=O)Cc3ccc(Cl)cc3F)CC2)c2ccccc12. The molecule has 162 valence electrons. The van der Waals surface area contributed by atoms with Gasteiger partial charge in [0.1, 0.15) is 17.1 Å². The maximum absolute atomic E-state index is 14.0. The summed E-state index contributed by atoms with van der Waals surface area (Å²) in [5, 5.41) is 4.61. The molecule has 4 rings (SSSR count). The van der Waals surface area contributed by atoms with Crippen molar-refractivity contribution >= 4 is 44.0 Å².